The highest BCUT2D eigenvalue weighted by atomic mass is 16.3. The molecule has 1 aromatic rings. The lowest BCUT2D eigenvalue weighted by molar-refractivity contribution is -0.0187. The van der Waals surface area contributed by atoms with Crippen LogP contribution >= 0.6 is 0 Å². The maximum atomic E-state index is 10.1. The van der Waals surface area contributed by atoms with E-state index in [2.05, 4.69) is 39.8 Å². The summed E-state index contributed by atoms with van der Waals surface area (Å²) in [6.07, 6.45) is 1.04. The van der Waals surface area contributed by atoms with E-state index in [-0.39, 0.29) is 5.92 Å². The maximum Gasteiger partial charge on any atom is 0.0842 e. The maximum absolute atomic E-state index is 10.1. The Morgan fingerprint density at radius 3 is 2.11 bits per heavy atom. The van der Waals surface area contributed by atoms with Gasteiger partial charge < -0.3 is 10.2 Å². The van der Waals surface area contributed by atoms with Gasteiger partial charge in [-0.2, -0.15) is 0 Å². The van der Waals surface area contributed by atoms with Crippen molar-refractivity contribution in [3.63, 3.8) is 0 Å². The van der Waals surface area contributed by atoms with Gasteiger partial charge >= 0.3 is 0 Å². The smallest absolute Gasteiger partial charge is 0.0842 e. The molecule has 0 spiro atoms. The summed E-state index contributed by atoms with van der Waals surface area (Å²) >= 11 is 0. The summed E-state index contributed by atoms with van der Waals surface area (Å²) in [4.78, 5) is 0. The van der Waals surface area contributed by atoms with Gasteiger partial charge in [-0.1, -0.05) is 44.9 Å². The molecule has 0 aliphatic rings. The van der Waals surface area contributed by atoms with Gasteiger partial charge in [-0.3, -0.25) is 0 Å². The lowest BCUT2D eigenvalue weighted by Gasteiger charge is -2.25. The van der Waals surface area contributed by atoms with Crippen LogP contribution in [0.3, 0.4) is 0 Å². The van der Waals surface area contributed by atoms with Crippen LogP contribution < -0.4 is 0 Å². The van der Waals surface area contributed by atoms with E-state index < -0.39 is 12.2 Å². The second kappa shape index (κ2) is 6.91. The van der Waals surface area contributed by atoms with Crippen molar-refractivity contribution in [2.24, 2.45) is 5.92 Å². The van der Waals surface area contributed by atoms with E-state index in [4.69, 9.17) is 0 Å². The molecule has 0 aliphatic carbocycles. The monoisotopic (exact) mass is 250 g/mol. The minimum atomic E-state index is -0.669. The predicted octanol–water partition coefficient (Wildman–Crippen LogP) is 3.00. The fraction of sp³-hybridized carbons (Fsp3) is 0.625. The van der Waals surface area contributed by atoms with E-state index in [1.54, 1.807) is 0 Å². The first-order valence-electron chi connectivity index (χ1n) is 6.91. The molecule has 0 bridgehead atoms. The highest BCUT2D eigenvalue weighted by molar-refractivity contribution is 5.30. The average Bonchev–Trinajstić information content (AvgIpc) is 2.35. The van der Waals surface area contributed by atoms with Crippen LogP contribution in [0.5, 0.6) is 0 Å². The first-order valence-corrected chi connectivity index (χ1v) is 6.91. The van der Waals surface area contributed by atoms with E-state index >= 15 is 0 Å². The van der Waals surface area contributed by atoms with Gasteiger partial charge in [-0.15, -0.1) is 0 Å². The Balaban J connectivity index is 2.68. The highest BCUT2D eigenvalue weighted by Gasteiger charge is 2.23. The SMILES string of the molecule is CCC(CC)C(O)C(O)Cc1ccc(C)c(C)c1. The number of aryl methyl sites for hydroxylation is 2. The Labute approximate surface area is 111 Å². The third kappa shape index (κ3) is 3.82. The number of aliphatic hydroxyl groups excluding tert-OH is 2. The minimum absolute atomic E-state index is 0.187. The number of rotatable bonds is 6. The van der Waals surface area contributed by atoms with Gasteiger partial charge in [0.2, 0.25) is 0 Å². The summed E-state index contributed by atoms with van der Waals surface area (Å²) < 4.78 is 0. The third-order valence-electron chi connectivity index (χ3n) is 3.94. The molecule has 0 heterocycles. The van der Waals surface area contributed by atoms with Crippen LogP contribution in [0.2, 0.25) is 0 Å². The first-order chi connectivity index (χ1) is 8.49. The van der Waals surface area contributed by atoms with Crippen LogP contribution in [0.4, 0.5) is 0 Å². The summed E-state index contributed by atoms with van der Waals surface area (Å²) in [5.41, 5.74) is 3.58. The Bertz CT molecular complexity index is 369. The molecule has 18 heavy (non-hydrogen) atoms. The van der Waals surface area contributed by atoms with Gasteiger partial charge in [0, 0.05) is 6.42 Å². The molecule has 0 fully saturated rings. The number of aliphatic hydroxyl groups is 2. The van der Waals surface area contributed by atoms with Crippen LogP contribution in [-0.2, 0) is 6.42 Å². The average molecular weight is 250 g/mol. The van der Waals surface area contributed by atoms with Gasteiger partial charge in [-0.05, 0) is 36.5 Å². The van der Waals surface area contributed by atoms with Gasteiger partial charge in [0.1, 0.15) is 0 Å². The predicted molar refractivity (Wildman–Crippen MR) is 75.7 cm³/mol. The summed E-state index contributed by atoms with van der Waals surface area (Å²) in [5, 5.41) is 20.2. The molecular formula is C16H26O2. The minimum Gasteiger partial charge on any atom is -0.390 e. The summed E-state index contributed by atoms with van der Waals surface area (Å²) in [5.74, 6) is 0.187. The van der Waals surface area contributed by atoms with Gasteiger partial charge in [-0.25, -0.2) is 0 Å². The molecule has 0 amide bonds. The first kappa shape index (κ1) is 15.2. The molecule has 2 nitrogen and oxygen atoms in total. The lowest BCUT2D eigenvalue weighted by atomic mass is 9.89. The Morgan fingerprint density at radius 1 is 1.00 bits per heavy atom. The van der Waals surface area contributed by atoms with Crippen molar-refractivity contribution in [3.05, 3.63) is 34.9 Å². The molecule has 1 rings (SSSR count). The van der Waals surface area contributed by atoms with Crippen LogP contribution in [-0.4, -0.2) is 22.4 Å². The van der Waals surface area contributed by atoms with Crippen molar-refractivity contribution < 1.29 is 10.2 Å². The van der Waals surface area contributed by atoms with Crippen LogP contribution in [0.1, 0.15) is 43.4 Å². The molecule has 2 N–H and O–H groups in total. The summed E-state index contributed by atoms with van der Waals surface area (Å²) in [7, 11) is 0. The molecule has 0 aromatic heterocycles. The van der Waals surface area contributed by atoms with Gasteiger partial charge in [0.05, 0.1) is 12.2 Å². The van der Waals surface area contributed by atoms with E-state index in [1.807, 2.05) is 6.07 Å². The molecule has 2 heteroatoms. The van der Waals surface area contributed by atoms with Crippen molar-refractivity contribution in [1.82, 2.24) is 0 Å². The van der Waals surface area contributed by atoms with Crippen molar-refractivity contribution in [2.45, 2.75) is 59.2 Å². The molecule has 2 unspecified atom stereocenters. The van der Waals surface area contributed by atoms with Crippen molar-refractivity contribution in [3.8, 4) is 0 Å². The zero-order chi connectivity index (χ0) is 13.7. The van der Waals surface area contributed by atoms with Crippen molar-refractivity contribution >= 4 is 0 Å². The summed E-state index contributed by atoms with van der Waals surface area (Å²) in [6, 6.07) is 6.20. The fourth-order valence-electron chi connectivity index (χ4n) is 2.38. The topological polar surface area (TPSA) is 40.5 Å². The Morgan fingerprint density at radius 2 is 1.61 bits per heavy atom. The lowest BCUT2D eigenvalue weighted by Crippen LogP contribution is -2.34. The van der Waals surface area contributed by atoms with E-state index in [0.29, 0.717) is 6.42 Å². The second-order valence-corrected chi connectivity index (χ2v) is 5.26. The molecule has 0 saturated heterocycles. The number of benzene rings is 1. The zero-order valence-electron chi connectivity index (χ0n) is 12.0. The summed E-state index contributed by atoms with van der Waals surface area (Å²) in [6.45, 7) is 8.26. The normalized spacial score (nSPS) is 14.8. The Kier molecular flexibility index (Phi) is 5.83. The standard InChI is InChI=1S/C16H26O2/c1-5-14(6-2)16(18)15(17)10-13-8-7-11(3)12(4)9-13/h7-9,14-18H,5-6,10H2,1-4H3. The van der Waals surface area contributed by atoms with Gasteiger partial charge in [0.25, 0.3) is 0 Å². The molecule has 2 atom stereocenters. The van der Waals surface area contributed by atoms with Gasteiger partial charge in [0.15, 0.2) is 0 Å². The van der Waals surface area contributed by atoms with Crippen LogP contribution in [0.25, 0.3) is 0 Å². The van der Waals surface area contributed by atoms with Crippen LogP contribution in [0, 0.1) is 19.8 Å². The number of hydrogen-bond donors (Lipinski definition) is 2. The highest BCUT2D eigenvalue weighted by Crippen LogP contribution is 2.19. The largest absolute Gasteiger partial charge is 0.390 e. The second-order valence-electron chi connectivity index (χ2n) is 5.26. The quantitative estimate of drug-likeness (QED) is 0.815. The fourth-order valence-corrected chi connectivity index (χ4v) is 2.38. The molecule has 1 aromatic carbocycles. The molecule has 0 aliphatic heterocycles. The van der Waals surface area contributed by atoms with E-state index in [0.717, 1.165) is 18.4 Å². The van der Waals surface area contributed by atoms with E-state index in [1.165, 1.54) is 11.1 Å². The molecule has 102 valence electrons. The molecule has 0 radical (unpaired) electrons. The third-order valence-corrected chi connectivity index (χ3v) is 3.94. The Hall–Kier alpha value is -0.860. The van der Waals surface area contributed by atoms with E-state index in [9.17, 15) is 10.2 Å². The van der Waals surface area contributed by atoms with Crippen molar-refractivity contribution in [1.29, 1.82) is 0 Å². The molecule has 0 saturated carbocycles. The van der Waals surface area contributed by atoms with Crippen LogP contribution in [0.15, 0.2) is 18.2 Å². The molecular weight excluding hydrogens is 224 g/mol. The van der Waals surface area contributed by atoms with Crippen molar-refractivity contribution in [2.75, 3.05) is 0 Å². The number of hydrogen-bond acceptors (Lipinski definition) is 2. The zero-order valence-corrected chi connectivity index (χ0v) is 12.0.